The minimum Gasteiger partial charge on any atom is -0.422 e. The molecular formula is C33H47BrN2O3. The standard InChI is InChI=1S/C33H47BrN2O3/c1-3-4-5-6-7-8-9-10-11-12-13-14-15-16-17-21-32(37)36-35-26-29-25-30(34)22-23-31(29)39-33(38)28-20-18-19-27(2)24-28/h18-20,22-26H,3-17,21H2,1-2H3,(H,36,37)/b35-26+. The number of halogens is 1. The maximum Gasteiger partial charge on any atom is 0.343 e. The summed E-state index contributed by atoms with van der Waals surface area (Å²) in [4.78, 5) is 24.8. The molecule has 0 aromatic heterocycles. The topological polar surface area (TPSA) is 67.8 Å². The summed E-state index contributed by atoms with van der Waals surface area (Å²) in [5.74, 6) is -0.160. The lowest BCUT2D eigenvalue weighted by molar-refractivity contribution is -0.121. The highest BCUT2D eigenvalue weighted by molar-refractivity contribution is 9.10. The lowest BCUT2D eigenvalue weighted by Gasteiger charge is -2.08. The molecule has 0 spiro atoms. The largest absolute Gasteiger partial charge is 0.422 e. The van der Waals surface area contributed by atoms with Gasteiger partial charge in [-0.25, -0.2) is 10.2 Å². The van der Waals surface area contributed by atoms with Crippen molar-refractivity contribution in [1.82, 2.24) is 5.43 Å². The molecule has 39 heavy (non-hydrogen) atoms. The number of hydrogen-bond acceptors (Lipinski definition) is 4. The summed E-state index contributed by atoms with van der Waals surface area (Å²) < 4.78 is 6.42. The molecule has 0 atom stereocenters. The number of ether oxygens (including phenoxy) is 1. The van der Waals surface area contributed by atoms with E-state index in [4.69, 9.17) is 4.74 Å². The van der Waals surface area contributed by atoms with Crippen molar-refractivity contribution in [3.8, 4) is 5.75 Å². The van der Waals surface area contributed by atoms with E-state index in [1.54, 1.807) is 30.3 Å². The third-order valence-electron chi connectivity index (χ3n) is 6.83. The summed E-state index contributed by atoms with van der Waals surface area (Å²) in [7, 11) is 0. The zero-order valence-corrected chi connectivity index (χ0v) is 25.6. The van der Waals surface area contributed by atoms with Crippen LogP contribution in [0.3, 0.4) is 0 Å². The number of carbonyl (C=O) groups excluding carboxylic acids is 2. The second-order valence-electron chi connectivity index (χ2n) is 10.4. The zero-order chi connectivity index (χ0) is 28.1. The highest BCUT2D eigenvalue weighted by atomic mass is 79.9. The highest BCUT2D eigenvalue weighted by Crippen LogP contribution is 2.23. The van der Waals surface area contributed by atoms with Crippen LogP contribution in [-0.2, 0) is 4.79 Å². The van der Waals surface area contributed by atoms with Crippen LogP contribution in [0.2, 0.25) is 0 Å². The Labute approximate surface area is 244 Å². The maximum atomic E-state index is 12.6. The Morgan fingerprint density at radius 2 is 1.41 bits per heavy atom. The molecule has 5 nitrogen and oxygen atoms in total. The minimum absolute atomic E-state index is 0.103. The molecule has 0 unspecified atom stereocenters. The van der Waals surface area contributed by atoms with Crippen LogP contribution in [0, 0.1) is 6.92 Å². The van der Waals surface area contributed by atoms with Crippen molar-refractivity contribution in [2.45, 2.75) is 117 Å². The first-order valence-electron chi connectivity index (χ1n) is 14.9. The van der Waals surface area contributed by atoms with Gasteiger partial charge in [0.2, 0.25) is 5.91 Å². The van der Waals surface area contributed by atoms with Crippen molar-refractivity contribution in [1.29, 1.82) is 0 Å². The smallest absolute Gasteiger partial charge is 0.343 e. The Morgan fingerprint density at radius 1 is 0.821 bits per heavy atom. The van der Waals surface area contributed by atoms with Crippen molar-refractivity contribution >= 4 is 34.0 Å². The van der Waals surface area contributed by atoms with Gasteiger partial charge in [0.05, 0.1) is 11.8 Å². The average molecular weight is 600 g/mol. The van der Waals surface area contributed by atoms with E-state index >= 15 is 0 Å². The Bertz CT molecular complexity index is 1020. The minimum atomic E-state index is -0.437. The molecule has 0 aliphatic rings. The quantitative estimate of drug-likeness (QED) is 0.0542. The van der Waals surface area contributed by atoms with Crippen LogP contribution in [0.5, 0.6) is 5.75 Å². The summed E-state index contributed by atoms with van der Waals surface area (Å²) in [6.07, 6.45) is 21.5. The monoisotopic (exact) mass is 598 g/mol. The number of unbranched alkanes of at least 4 members (excludes halogenated alkanes) is 14. The van der Waals surface area contributed by atoms with Crippen molar-refractivity contribution in [3.63, 3.8) is 0 Å². The van der Waals surface area contributed by atoms with Gasteiger partial charge in [-0.15, -0.1) is 0 Å². The number of aryl methyl sites for hydroxylation is 1. The third kappa shape index (κ3) is 15.0. The molecule has 6 heteroatoms. The van der Waals surface area contributed by atoms with Crippen molar-refractivity contribution in [2.75, 3.05) is 0 Å². The van der Waals surface area contributed by atoms with Crippen molar-refractivity contribution < 1.29 is 14.3 Å². The van der Waals surface area contributed by atoms with E-state index < -0.39 is 5.97 Å². The van der Waals surface area contributed by atoms with Gasteiger partial charge in [0, 0.05) is 16.5 Å². The normalized spacial score (nSPS) is 11.2. The summed E-state index contributed by atoms with van der Waals surface area (Å²) >= 11 is 3.44. The maximum absolute atomic E-state index is 12.6. The van der Waals surface area contributed by atoms with E-state index in [2.05, 4.69) is 33.4 Å². The van der Waals surface area contributed by atoms with Crippen molar-refractivity contribution in [2.24, 2.45) is 5.10 Å². The number of amides is 1. The molecule has 0 saturated heterocycles. The van der Waals surface area contributed by atoms with Gasteiger partial charge in [-0.1, -0.05) is 130 Å². The van der Waals surface area contributed by atoms with E-state index in [9.17, 15) is 9.59 Å². The number of nitrogens with one attached hydrogen (secondary N) is 1. The van der Waals surface area contributed by atoms with Crippen LogP contribution >= 0.6 is 15.9 Å². The number of rotatable bonds is 20. The number of esters is 1. The van der Waals surface area contributed by atoms with Gasteiger partial charge < -0.3 is 4.74 Å². The van der Waals surface area contributed by atoms with Gasteiger partial charge in [-0.05, 0) is 43.7 Å². The molecule has 2 aromatic rings. The lowest BCUT2D eigenvalue weighted by Crippen LogP contribution is -2.17. The fraction of sp³-hybridized carbons (Fsp3) is 0.545. The number of benzene rings is 2. The summed E-state index contributed by atoms with van der Waals surface area (Å²) in [6.45, 7) is 4.20. The van der Waals surface area contributed by atoms with Gasteiger partial charge in [-0.2, -0.15) is 5.10 Å². The molecule has 0 heterocycles. The Morgan fingerprint density at radius 3 is 2.00 bits per heavy atom. The third-order valence-corrected chi connectivity index (χ3v) is 7.32. The molecule has 0 fully saturated rings. The van der Waals surface area contributed by atoms with Gasteiger partial charge in [0.25, 0.3) is 0 Å². The second-order valence-corrected chi connectivity index (χ2v) is 11.3. The van der Waals surface area contributed by atoms with Crippen molar-refractivity contribution in [3.05, 3.63) is 63.6 Å². The van der Waals surface area contributed by atoms with Crippen LogP contribution < -0.4 is 10.2 Å². The average Bonchev–Trinajstić information content (AvgIpc) is 2.92. The van der Waals surface area contributed by atoms with Crippen LogP contribution in [-0.4, -0.2) is 18.1 Å². The van der Waals surface area contributed by atoms with Gasteiger partial charge in [0.1, 0.15) is 5.75 Å². The summed E-state index contributed by atoms with van der Waals surface area (Å²) in [5.41, 5.74) is 4.66. The molecule has 0 aliphatic carbocycles. The molecular weight excluding hydrogens is 552 g/mol. The second kappa shape index (κ2) is 20.4. The highest BCUT2D eigenvalue weighted by Gasteiger charge is 2.12. The number of nitrogens with zero attached hydrogens (tertiary/aromatic N) is 1. The van der Waals surface area contributed by atoms with Crippen LogP contribution in [0.25, 0.3) is 0 Å². The molecule has 0 radical (unpaired) electrons. The summed E-state index contributed by atoms with van der Waals surface area (Å²) in [5, 5.41) is 4.09. The number of hydrazone groups is 1. The SMILES string of the molecule is CCCCCCCCCCCCCCCCCC(=O)N/N=C/c1cc(Br)ccc1OC(=O)c1cccc(C)c1. The number of hydrogen-bond donors (Lipinski definition) is 1. The van der Waals surface area contributed by atoms with E-state index in [-0.39, 0.29) is 5.91 Å². The van der Waals surface area contributed by atoms with Gasteiger partial charge >= 0.3 is 5.97 Å². The molecule has 0 aliphatic heterocycles. The molecule has 2 aromatic carbocycles. The molecule has 1 amide bonds. The first-order chi connectivity index (χ1) is 19.0. The van der Waals surface area contributed by atoms with E-state index in [0.717, 1.165) is 22.9 Å². The number of carbonyl (C=O) groups is 2. The first-order valence-corrected chi connectivity index (χ1v) is 15.7. The van der Waals surface area contributed by atoms with Crippen LogP contribution in [0.15, 0.2) is 52.0 Å². The predicted octanol–water partition coefficient (Wildman–Crippen LogP) is 9.69. The Kier molecular flexibility index (Phi) is 17.2. The van der Waals surface area contributed by atoms with Gasteiger partial charge in [0.15, 0.2) is 0 Å². The molecule has 0 bridgehead atoms. The fourth-order valence-electron chi connectivity index (χ4n) is 4.53. The van der Waals surface area contributed by atoms with E-state index in [0.29, 0.717) is 23.3 Å². The first kappa shape index (κ1) is 32.7. The molecule has 2 rings (SSSR count). The van der Waals surface area contributed by atoms with E-state index in [1.165, 1.54) is 89.7 Å². The van der Waals surface area contributed by atoms with Crippen LogP contribution in [0.4, 0.5) is 0 Å². The van der Waals surface area contributed by atoms with Crippen LogP contribution in [0.1, 0.15) is 131 Å². The lowest BCUT2D eigenvalue weighted by atomic mass is 10.0. The van der Waals surface area contributed by atoms with Gasteiger partial charge in [-0.3, -0.25) is 4.79 Å². The molecule has 0 saturated carbocycles. The Balaban J connectivity index is 1.57. The molecule has 214 valence electrons. The Hall–Kier alpha value is -2.47. The fourth-order valence-corrected chi connectivity index (χ4v) is 4.91. The molecule has 1 N–H and O–H groups in total. The predicted molar refractivity (Wildman–Crippen MR) is 166 cm³/mol. The summed E-state index contributed by atoms with van der Waals surface area (Å²) in [6, 6.07) is 12.6. The zero-order valence-electron chi connectivity index (χ0n) is 24.0. The van der Waals surface area contributed by atoms with E-state index in [1.807, 2.05) is 19.1 Å².